The molecule has 4 aromatic rings. The zero-order valence-electron chi connectivity index (χ0n) is 23.6. The molecule has 2 saturated heterocycles. The molecule has 43 heavy (non-hydrogen) atoms. The number of rotatable bonds is 6. The quantitative estimate of drug-likeness (QED) is 0.351. The summed E-state index contributed by atoms with van der Waals surface area (Å²) in [5.74, 6) is -2.18. The van der Waals surface area contributed by atoms with Crippen LogP contribution in [0.1, 0.15) is 22.3 Å². The van der Waals surface area contributed by atoms with Crippen molar-refractivity contribution < 1.29 is 27.5 Å². The standard InChI is InChI=1S/C30H30F3N7O3/c1-17-13-19(3-4-20(17)29(41)38-9-11-39(12-10-38)30(42)22-14-18(31)15-35-22)37-27-28-36-16-23(40(28)8-7-34-27)21-5-6-24(43-2)26(33)25(21)32/h3-8,13,16,18,22,35H,9-12,14-15H2,1-2H3,(H,34,37)/t18-,22?/m1/s1. The van der Waals surface area contributed by atoms with Gasteiger partial charge < -0.3 is 25.2 Å². The van der Waals surface area contributed by atoms with E-state index in [0.717, 1.165) is 5.56 Å². The smallest absolute Gasteiger partial charge is 0.254 e. The Hall–Kier alpha value is -4.65. The maximum absolute atomic E-state index is 14.8. The summed E-state index contributed by atoms with van der Waals surface area (Å²) in [7, 11) is 1.27. The minimum atomic E-state index is -1.08. The van der Waals surface area contributed by atoms with E-state index in [9.17, 15) is 22.8 Å². The molecule has 1 unspecified atom stereocenters. The number of piperazine rings is 1. The molecular weight excluding hydrogens is 563 g/mol. The summed E-state index contributed by atoms with van der Waals surface area (Å²) >= 11 is 0. The number of nitrogens with zero attached hydrogens (tertiary/aromatic N) is 5. The van der Waals surface area contributed by atoms with Gasteiger partial charge in [-0.15, -0.1) is 0 Å². The highest BCUT2D eigenvalue weighted by atomic mass is 19.2. The molecule has 2 atom stereocenters. The second-order valence-corrected chi connectivity index (χ2v) is 10.6. The second-order valence-electron chi connectivity index (χ2n) is 10.6. The first-order valence-electron chi connectivity index (χ1n) is 13.9. The fraction of sp³-hybridized carbons (Fsp3) is 0.333. The third-order valence-electron chi connectivity index (χ3n) is 7.94. The molecule has 2 N–H and O–H groups in total. The predicted octanol–water partition coefficient (Wildman–Crippen LogP) is 3.72. The van der Waals surface area contributed by atoms with Gasteiger partial charge in [0.2, 0.25) is 11.7 Å². The minimum Gasteiger partial charge on any atom is -0.494 e. The number of halogens is 3. The van der Waals surface area contributed by atoms with Crippen LogP contribution in [-0.2, 0) is 4.79 Å². The van der Waals surface area contributed by atoms with E-state index < -0.39 is 23.8 Å². The lowest BCUT2D eigenvalue weighted by atomic mass is 10.1. The summed E-state index contributed by atoms with van der Waals surface area (Å²) in [6.07, 6.45) is 3.74. The monoisotopic (exact) mass is 593 g/mol. The molecule has 0 aliphatic carbocycles. The van der Waals surface area contributed by atoms with E-state index in [1.54, 1.807) is 32.5 Å². The van der Waals surface area contributed by atoms with E-state index in [1.807, 2.05) is 13.0 Å². The van der Waals surface area contributed by atoms with Crippen LogP contribution in [0.4, 0.5) is 24.7 Å². The Labute approximate surface area is 245 Å². The van der Waals surface area contributed by atoms with Crippen LogP contribution in [0.15, 0.2) is 48.9 Å². The van der Waals surface area contributed by atoms with Crippen LogP contribution in [0.2, 0.25) is 0 Å². The molecule has 2 aliphatic heterocycles. The normalized spacial score (nSPS) is 18.7. The Bertz CT molecular complexity index is 1700. The predicted molar refractivity (Wildman–Crippen MR) is 153 cm³/mol. The molecule has 224 valence electrons. The Morgan fingerprint density at radius 2 is 1.81 bits per heavy atom. The molecule has 0 radical (unpaired) electrons. The molecule has 0 saturated carbocycles. The van der Waals surface area contributed by atoms with Gasteiger partial charge in [-0.3, -0.25) is 14.0 Å². The number of fused-ring (bicyclic) bond motifs is 1. The summed E-state index contributed by atoms with van der Waals surface area (Å²) in [5.41, 5.74) is 2.69. The number of nitrogens with one attached hydrogen (secondary N) is 2. The highest BCUT2D eigenvalue weighted by Crippen LogP contribution is 2.32. The first-order valence-corrected chi connectivity index (χ1v) is 13.9. The van der Waals surface area contributed by atoms with Gasteiger partial charge in [0.15, 0.2) is 23.0 Å². The highest BCUT2D eigenvalue weighted by molar-refractivity contribution is 5.96. The van der Waals surface area contributed by atoms with E-state index in [1.165, 1.54) is 31.6 Å². The maximum Gasteiger partial charge on any atom is 0.254 e. The molecule has 0 spiro atoms. The van der Waals surface area contributed by atoms with Gasteiger partial charge in [-0.25, -0.2) is 18.7 Å². The Morgan fingerprint density at radius 1 is 1.05 bits per heavy atom. The van der Waals surface area contributed by atoms with Gasteiger partial charge in [-0.1, -0.05) is 0 Å². The first-order chi connectivity index (χ1) is 20.7. The van der Waals surface area contributed by atoms with E-state index >= 15 is 0 Å². The minimum absolute atomic E-state index is 0.0236. The van der Waals surface area contributed by atoms with Crippen LogP contribution in [0, 0.1) is 18.6 Å². The molecule has 6 rings (SSSR count). The van der Waals surface area contributed by atoms with Crippen molar-refractivity contribution in [1.82, 2.24) is 29.5 Å². The number of amides is 2. The van der Waals surface area contributed by atoms with Crippen molar-refractivity contribution in [3.05, 3.63) is 71.7 Å². The molecule has 2 aliphatic rings. The number of anilines is 2. The number of hydrogen-bond acceptors (Lipinski definition) is 7. The van der Waals surface area contributed by atoms with Crippen molar-refractivity contribution in [3.63, 3.8) is 0 Å². The van der Waals surface area contributed by atoms with E-state index in [4.69, 9.17) is 4.74 Å². The van der Waals surface area contributed by atoms with Gasteiger partial charge in [0.25, 0.3) is 5.91 Å². The van der Waals surface area contributed by atoms with Gasteiger partial charge >= 0.3 is 0 Å². The molecule has 2 fully saturated rings. The summed E-state index contributed by atoms with van der Waals surface area (Å²) in [6, 6.07) is 7.59. The van der Waals surface area contributed by atoms with Crippen molar-refractivity contribution in [2.75, 3.05) is 45.2 Å². The Morgan fingerprint density at radius 3 is 2.51 bits per heavy atom. The van der Waals surface area contributed by atoms with Gasteiger partial charge in [0.05, 0.1) is 25.0 Å². The number of aryl methyl sites for hydroxylation is 1. The average molecular weight is 594 g/mol. The average Bonchev–Trinajstić information content (AvgIpc) is 3.65. The highest BCUT2D eigenvalue weighted by Gasteiger charge is 2.34. The van der Waals surface area contributed by atoms with Gasteiger partial charge in [-0.05, 0) is 42.8 Å². The van der Waals surface area contributed by atoms with Crippen LogP contribution in [-0.4, -0.2) is 88.0 Å². The third kappa shape index (κ3) is 5.36. The topological polar surface area (TPSA) is 104 Å². The fourth-order valence-corrected chi connectivity index (χ4v) is 5.61. The van der Waals surface area contributed by atoms with Crippen molar-refractivity contribution in [1.29, 1.82) is 0 Å². The molecule has 2 aromatic carbocycles. The summed E-state index contributed by atoms with van der Waals surface area (Å²) in [4.78, 5) is 38.2. The Kier molecular flexibility index (Phi) is 7.65. The summed E-state index contributed by atoms with van der Waals surface area (Å²) < 4.78 is 49.2. The molecule has 0 bridgehead atoms. The van der Waals surface area contributed by atoms with E-state index in [0.29, 0.717) is 54.6 Å². The first kappa shape index (κ1) is 28.5. The van der Waals surface area contributed by atoms with Crippen molar-refractivity contribution in [2.45, 2.75) is 25.6 Å². The van der Waals surface area contributed by atoms with Crippen molar-refractivity contribution in [3.8, 4) is 17.0 Å². The number of aromatic nitrogens is 3. The molecule has 4 heterocycles. The fourth-order valence-electron chi connectivity index (χ4n) is 5.61. The number of hydrogen-bond donors (Lipinski definition) is 2. The Balaban J connectivity index is 1.15. The van der Waals surface area contributed by atoms with Crippen LogP contribution in [0.5, 0.6) is 5.75 Å². The van der Waals surface area contributed by atoms with Crippen LogP contribution >= 0.6 is 0 Å². The molecule has 10 nitrogen and oxygen atoms in total. The van der Waals surface area contributed by atoms with Crippen LogP contribution < -0.4 is 15.4 Å². The van der Waals surface area contributed by atoms with E-state index in [-0.39, 0.29) is 36.1 Å². The maximum atomic E-state index is 14.8. The number of alkyl halides is 1. The van der Waals surface area contributed by atoms with Gasteiger partial charge in [0, 0.05) is 68.4 Å². The van der Waals surface area contributed by atoms with Gasteiger partial charge in [0.1, 0.15) is 6.17 Å². The van der Waals surface area contributed by atoms with Gasteiger partial charge in [-0.2, -0.15) is 4.39 Å². The number of benzene rings is 2. The zero-order chi connectivity index (χ0) is 30.2. The molecule has 13 heteroatoms. The zero-order valence-corrected chi connectivity index (χ0v) is 23.6. The second kappa shape index (κ2) is 11.6. The number of ether oxygens (including phenoxy) is 1. The lowest BCUT2D eigenvalue weighted by Crippen LogP contribution is -2.54. The molecular formula is C30H30F3N7O3. The lowest BCUT2D eigenvalue weighted by Gasteiger charge is -2.36. The number of carbonyl (C=O) groups is 2. The van der Waals surface area contributed by atoms with Crippen LogP contribution in [0.3, 0.4) is 0 Å². The number of methoxy groups -OCH3 is 1. The summed E-state index contributed by atoms with van der Waals surface area (Å²) in [5, 5.41) is 6.13. The SMILES string of the molecule is COc1ccc(-c2cnc3c(Nc4ccc(C(=O)N5CCN(C(=O)C6C[C@@H](F)CN6)CC5)c(C)c4)nccn23)c(F)c1F. The number of imidazole rings is 1. The number of carbonyl (C=O) groups excluding carboxylic acids is 2. The van der Waals surface area contributed by atoms with Crippen molar-refractivity contribution >= 4 is 29.0 Å². The van der Waals surface area contributed by atoms with Crippen molar-refractivity contribution in [2.24, 2.45) is 0 Å². The lowest BCUT2D eigenvalue weighted by molar-refractivity contribution is -0.134. The molecule has 2 amide bonds. The summed E-state index contributed by atoms with van der Waals surface area (Å²) in [6.45, 7) is 3.60. The van der Waals surface area contributed by atoms with Crippen LogP contribution in [0.25, 0.3) is 16.9 Å². The third-order valence-corrected chi connectivity index (χ3v) is 7.94. The van der Waals surface area contributed by atoms with E-state index in [2.05, 4.69) is 20.6 Å². The molecule has 2 aromatic heterocycles. The largest absolute Gasteiger partial charge is 0.494 e.